The van der Waals surface area contributed by atoms with Gasteiger partial charge in [-0.05, 0) is 34.1 Å². The second kappa shape index (κ2) is 5.31. The molecule has 0 aliphatic rings. The standard InChI is InChI=1S/C12H7Br2ClN4O/c1-19-11-9(10(14)18-19)12(17-5-16-11)20-8-4-6(13)2-3-7(8)15/h2-5H,1H3. The molecule has 0 spiro atoms. The number of hydrogen-bond acceptors (Lipinski definition) is 4. The molecule has 0 saturated heterocycles. The fourth-order valence-electron chi connectivity index (χ4n) is 1.75. The Morgan fingerprint density at radius 1 is 1.25 bits per heavy atom. The first-order valence-electron chi connectivity index (χ1n) is 5.52. The van der Waals surface area contributed by atoms with Gasteiger partial charge in [-0.25, -0.2) is 14.6 Å². The Labute approximate surface area is 136 Å². The molecule has 0 aliphatic carbocycles. The van der Waals surface area contributed by atoms with Crippen molar-refractivity contribution in [2.45, 2.75) is 0 Å². The number of benzene rings is 1. The zero-order chi connectivity index (χ0) is 14.3. The van der Waals surface area contributed by atoms with Crippen LogP contribution in [0.4, 0.5) is 0 Å². The molecule has 0 atom stereocenters. The number of halogens is 3. The quantitative estimate of drug-likeness (QED) is 0.622. The zero-order valence-corrected chi connectivity index (χ0v) is 14.1. The van der Waals surface area contributed by atoms with E-state index >= 15 is 0 Å². The molecule has 0 N–H and O–H groups in total. The topological polar surface area (TPSA) is 52.8 Å². The summed E-state index contributed by atoms with van der Waals surface area (Å²) < 4.78 is 8.94. The number of hydrogen-bond donors (Lipinski definition) is 0. The van der Waals surface area contributed by atoms with Gasteiger partial charge in [-0.1, -0.05) is 27.5 Å². The van der Waals surface area contributed by atoms with Gasteiger partial charge < -0.3 is 4.74 Å². The molecule has 2 aromatic heterocycles. The van der Waals surface area contributed by atoms with Crippen LogP contribution in [0.5, 0.6) is 11.6 Å². The lowest BCUT2D eigenvalue weighted by Gasteiger charge is -2.07. The Bertz CT molecular complexity index is 805. The highest BCUT2D eigenvalue weighted by Gasteiger charge is 2.16. The molecule has 0 amide bonds. The van der Waals surface area contributed by atoms with E-state index in [0.717, 1.165) is 4.47 Å². The summed E-state index contributed by atoms with van der Waals surface area (Å²) in [5.74, 6) is 0.909. The highest BCUT2D eigenvalue weighted by atomic mass is 79.9. The van der Waals surface area contributed by atoms with Gasteiger partial charge in [0.05, 0.1) is 5.02 Å². The minimum Gasteiger partial charge on any atom is -0.436 e. The van der Waals surface area contributed by atoms with Gasteiger partial charge in [-0.15, -0.1) is 0 Å². The molecule has 3 aromatic rings. The molecule has 0 aliphatic heterocycles. The second-order valence-corrected chi connectivity index (χ2v) is 6.04. The summed E-state index contributed by atoms with van der Waals surface area (Å²) in [6.45, 7) is 0. The molecule has 0 saturated carbocycles. The van der Waals surface area contributed by atoms with Gasteiger partial charge in [-0.3, -0.25) is 0 Å². The Morgan fingerprint density at radius 2 is 2.05 bits per heavy atom. The highest BCUT2D eigenvalue weighted by molar-refractivity contribution is 9.10. The van der Waals surface area contributed by atoms with Crippen LogP contribution in [-0.4, -0.2) is 19.7 Å². The van der Waals surface area contributed by atoms with Crippen molar-refractivity contribution >= 4 is 54.5 Å². The smallest absolute Gasteiger partial charge is 0.234 e. The van der Waals surface area contributed by atoms with Gasteiger partial charge in [0.25, 0.3) is 0 Å². The third-order valence-electron chi connectivity index (χ3n) is 2.64. The van der Waals surface area contributed by atoms with E-state index < -0.39 is 0 Å². The molecule has 20 heavy (non-hydrogen) atoms. The number of ether oxygens (including phenoxy) is 1. The summed E-state index contributed by atoms with van der Waals surface area (Å²) in [6, 6.07) is 5.36. The maximum absolute atomic E-state index is 6.12. The molecule has 5 nitrogen and oxygen atoms in total. The number of nitrogens with zero attached hydrogens (tertiary/aromatic N) is 4. The molecule has 2 heterocycles. The minimum atomic E-state index is 0.398. The van der Waals surface area contributed by atoms with E-state index in [1.807, 2.05) is 6.07 Å². The fourth-order valence-corrected chi connectivity index (χ4v) is 2.83. The van der Waals surface area contributed by atoms with Crippen molar-refractivity contribution in [3.8, 4) is 11.6 Å². The fraction of sp³-hybridized carbons (Fsp3) is 0.0833. The molecule has 0 radical (unpaired) electrons. The number of fused-ring (bicyclic) bond motifs is 1. The minimum absolute atomic E-state index is 0.398. The molecular formula is C12H7Br2ClN4O. The lowest BCUT2D eigenvalue weighted by atomic mass is 10.3. The Kier molecular flexibility index (Phi) is 3.66. The molecule has 0 unspecified atom stereocenters. The van der Waals surface area contributed by atoms with Crippen LogP contribution in [0.3, 0.4) is 0 Å². The van der Waals surface area contributed by atoms with E-state index in [0.29, 0.717) is 32.3 Å². The Hall–Kier alpha value is -1.18. The van der Waals surface area contributed by atoms with Crippen LogP contribution >= 0.6 is 43.5 Å². The van der Waals surface area contributed by atoms with Crippen LogP contribution in [0.1, 0.15) is 0 Å². The van der Waals surface area contributed by atoms with Crippen LogP contribution < -0.4 is 4.74 Å². The Balaban J connectivity index is 2.13. The number of aromatic nitrogens is 4. The van der Waals surface area contributed by atoms with Gasteiger partial charge in [0, 0.05) is 11.5 Å². The predicted octanol–water partition coefficient (Wildman–Crippen LogP) is 4.33. The van der Waals surface area contributed by atoms with Gasteiger partial charge in [0.15, 0.2) is 5.65 Å². The summed E-state index contributed by atoms with van der Waals surface area (Å²) in [5, 5.41) is 5.44. The van der Waals surface area contributed by atoms with E-state index in [1.165, 1.54) is 6.33 Å². The van der Waals surface area contributed by atoms with Crippen LogP contribution in [0.25, 0.3) is 11.0 Å². The molecular weight excluding hydrogens is 411 g/mol. The molecule has 8 heteroatoms. The maximum Gasteiger partial charge on any atom is 0.234 e. The summed E-state index contributed by atoms with van der Waals surface area (Å²) in [7, 11) is 1.80. The average molecular weight is 418 g/mol. The molecule has 0 bridgehead atoms. The van der Waals surface area contributed by atoms with Crippen molar-refractivity contribution in [2.24, 2.45) is 7.05 Å². The SMILES string of the molecule is Cn1nc(Br)c2c(Oc3cc(Br)ccc3Cl)ncnc21. The van der Waals surface area contributed by atoms with Crippen molar-refractivity contribution in [3.63, 3.8) is 0 Å². The van der Waals surface area contributed by atoms with E-state index in [2.05, 4.69) is 46.9 Å². The van der Waals surface area contributed by atoms with Crippen LogP contribution in [0.2, 0.25) is 5.02 Å². The van der Waals surface area contributed by atoms with E-state index in [4.69, 9.17) is 16.3 Å². The van der Waals surface area contributed by atoms with Crippen LogP contribution in [0, 0.1) is 0 Å². The molecule has 3 rings (SSSR count). The van der Waals surface area contributed by atoms with Gasteiger partial charge in [-0.2, -0.15) is 5.10 Å². The summed E-state index contributed by atoms with van der Waals surface area (Å²) >= 11 is 12.9. The Morgan fingerprint density at radius 3 is 2.85 bits per heavy atom. The largest absolute Gasteiger partial charge is 0.436 e. The average Bonchev–Trinajstić information content (AvgIpc) is 2.71. The van der Waals surface area contributed by atoms with Crippen molar-refractivity contribution in [1.82, 2.24) is 19.7 Å². The summed E-state index contributed by atoms with van der Waals surface area (Å²) in [4.78, 5) is 8.34. The lowest BCUT2D eigenvalue weighted by Crippen LogP contribution is -1.94. The van der Waals surface area contributed by atoms with E-state index in [1.54, 1.807) is 23.9 Å². The van der Waals surface area contributed by atoms with Gasteiger partial charge in [0.1, 0.15) is 22.1 Å². The van der Waals surface area contributed by atoms with Crippen molar-refractivity contribution in [2.75, 3.05) is 0 Å². The monoisotopic (exact) mass is 416 g/mol. The first kappa shape index (κ1) is 13.8. The van der Waals surface area contributed by atoms with E-state index in [9.17, 15) is 0 Å². The number of rotatable bonds is 2. The molecule has 102 valence electrons. The van der Waals surface area contributed by atoms with Crippen molar-refractivity contribution in [3.05, 3.63) is 38.6 Å². The van der Waals surface area contributed by atoms with Crippen LogP contribution in [0.15, 0.2) is 33.6 Å². The maximum atomic E-state index is 6.12. The third kappa shape index (κ3) is 2.41. The van der Waals surface area contributed by atoms with Gasteiger partial charge >= 0.3 is 0 Å². The normalized spacial score (nSPS) is 11.0. The van der Waals surface area contributed by atoms with E-state index in [-0.39, 0.29) is 0 Å². The predicted molar refractivity (Wildman–Crippen MR) is 83.2 cm³/mol. The van der Waals surface area contributed by atoms with Gasteiger partial charge in [0.2, 0.25) is 5.88 Å². The first-order chi connectivity index (χ1) is 9.56. The summed E-state index contributed by atoms with van der Waals surface area (Å²) in [6.07, 6.45) is 1.43. The summed E-state index contributed by atoms with van der Waals surface area (Å²) in [5.41, 5.74) is 0.674. The van der Waals surface area contributed by atoms with Crippen LogP contribution in [-0.2, 0) is 7.05 Å². The second-order valence-electron chi connectivity index (χ2n) is 3.97. The first-order valence-corrected chi connectivity index (χ1v) is 7.49. The highest BCUT2D eigenvalue weighted by Crippen LogP contribution is 2.35. The van der Waals surface area contributed by atoms with Crippen molar-refractivity contribution < 1.29 is 4.74 Å². The molecule has 0 fully saturated rings. The molecule has 1 aromatic carbocycles. The van der Waals surface area contributed by atoms with Crippen molar-refractivity contribution in [1.29, 1.82) is 0 Å². The third-order valence-corrected chi connectivity index (χ3v) is 4.00. The number of aryl methyl sites for hydroxylation is 1. The lowest BCUT2D eigenvalue weighted by molar-refractivity contribution is 0.468. The zero-order valence-electron chi connectivity index (χ0n) is 10.1.